The maximum Gasteiger partial charge on any atom is 0.272 e. The zero-order valence-electron chi connectivity index (χ0n) is 25.3. The van der Waals surface area contributed by atoms with Gasteiger partial charge in [-0.25, -0.2) is 0 Å². The molecule has 4 rings (SSSR count). The number of thioether (sulfide) groups is 1. The van der Waals surface area contributed by atoms with Gasteiger partial charge in [0, 0.05) is 32.8 Å². The minimum Gasteiger partial charge on any atom is -0.495 e. The van der Waals surface area contributed by atoms with Gasteiger partial charge in [-0.3, -0.25) is 14.4 Å². The Balaban J connectivity index is 1.46. The molecule has 1 atom stereocenters. The Bertz CT molecular complexity index is 1690. The van der Waals surface area contributed by atoms with E-state index in [2.05, 4.69) is 16.0 Å². The van der Waals surface area contributed by atoms with Gasteiger partial charge in [-0.2, -0.15) is 0 Å². The predicted molar refractivity (Wildman–Crippen MR) is 181 cm³/mol. The van der Waals surface area contributed by atoms with E-state index in [1.54, 1.807) is 73.7 Å². The van der Waals surface area contributed by atoms with Crippen LogP contribution in [0.15, 0.2) is 102 Å². The van der Waals surface area contributed by atoms with E-state index in [1.165, 1.54) is 18.9 Å². The molecule has 45 heavy (non-hydrogen) atoms. The summed E-state index contributed by atoms with van der Waals surface area (Å²) in [5, 5.41) is 8.63. The van der Waals surface area contributed by atoms with Gasteiger partial charge in [0.2, 0.25) is 5.91 Å². The first-order chi connectivity index (χ1) is 21.7. The van der Waals surface area contributed by atoms with Gasteiger partial charge in [-0.05, 0) is 80.9 Å². The molecule has 4 aromatic carbocycles. The molecule has 4 aromatic rings. The lowest BCUT2D eigenvalue weighted by Gasteiger charge is -2.16. The zero-order valence-corrected chi connectivity index (χ0v) is 26.9. The number of carbonyl (C=O) groups is 3. The molecule has 1 unspecified atom stereocenters. The molecule has 0 saturated carbocycles. The van der Waals surface area contributed by atoms with Crippen molar-refractivity contribution >= 4 is 58.5 Å². The summed E-state index contributed by atoms with van der Waals surface area (Å²) in [5.74, 6) is -0.0645. The maximum absolute atomic E-state index is 13.5. The molecule has 0 aliphatic heterocycles. The first-order valence-corrected chi connectivity index (χ1v) is 15.5. The molecule has 0 spiro atoms. The topological polar surface area (TPSA) is 106 Å². The zero-order chi connectivity index (χ0) is 32.3. The van der Waals surface area contributed by atoms with E-state index in [0.29, 0.717) is 45.6 Å². The number of methoxy groups -OCH3 is 1. The van der Waals surface area contributed by atoms with Crippen molar-refractivity contribution in [3.8, 4) is 11.5 Å². The summed E-state index contributed by atoms with van der Waals surface area (Å²) in [6.45, 7) is 5.98. The van der Waals surface area contributed by atoms with Crippen molar-refractivity contribution in [3.63, 3.8) is 0 Å². The molecule has 0 heterocycles. The van der Waals surface area contributed by atoms with Crippen molar-refractivity contribution in [2.75, 3.05) is 24.4 Å². The number of ether oxygens (including phenoxy) is 2. The van der Waals surface area contributed by atoms with E-state index in [4.69, 9.17) is 21.1 Å². The lowest BCUT2D eigenvalue weighted by Crippen LogP contribution is -2.30. The summed E-state index contributed by atoms with van der Waals surface area (Å²) in [7, 11) is 1.52. The first kappa shape index (κ1) is 33.2. The lowest BCUT2D eigenvalue weighted by atomic mass is 10.1. The highest BCUT2D eigenvalue weighted by atomic mass is 35.5. The Hall–Kier alpha value is -4.73. The summed E-state index contributed by atoms with van der Waals surface area (Å²) in [5.41, 5.74) is 2.99. The van der Waals surface area contributed by atoms with Crippen LogP contribution in [0.1, 0.15) is 35.3 Å². The van der Waals surface area contributed by atoms with E-state index < -0.39 is 17.1 Å². The molecular weight excluding hydrogens is 610 g/mol. The second-order valence-electron chi connectivity index (χ2n) is 9.88. The number of amides is 3. The van der Waals surface area contributed by atoms with Gasteiger partial charge in [-0.15, -0.1) is 11.8 Å². The van der Waals surface area contributed by atoms with Gasteiger partial charge in [0.1, 0.15) is 17.2 Å². The average Bonchev–Trinajstić information content (AvgIpc) is 3.04. The second kappa shape index (κ2) is 15.8. The van der Waals surface area contributed by atoms with Crippen LogP contribution in [-0.2, 0) is 9.59 Å². The van der Waals surface area contributed by atoms with Crippen LogP contribution in [0, 0.1) is 6.92 Å². The third-order valence-corrected chi connectivity index (χ3v) is 8.10. The molecule has 3 amide bonds. The summed E-state index contributed by atoms with van der Waals surface area (Å²) < 4.78 is 11.1. The van der Waals surface area contributed by atoms with Crippen molar-refractivity contribution in [1.29, 1.82) is 0 Å². The number of aryl methyl sites for hydroxylation is 1. The van der Waals surface area contributed by atoms with Crippen molar-refractivity contribution in [2.45, 2.75) is 30.9 Å². The van der Waals surface area contributed by atoms with Crippen LogP contribution in [0.4, 0.5) is 11.4 Å². The van der Waals surface area contributed by atoms with Crippen LogP contribution in [0.2, 0.25) is 5.02 Å². The van der Waals surface area contributed by atoms with Crippen LogP contribution in [0.5, 0.6) is 11.5 Å². The fourth-order valence-electron chi connectivity index (χ4n) is 4.22. The number of hydrogen-bond acceptors (Lipinski definition) is 6. The summed E-state index contributed by atoms with van der Waals surface area (Å²) >= 11 is 7.55. The van der Waals surface area contributed by atoms with E-state index in [9.17, 15) is 14.4 Å². The van der Waals surface area contributed by atoms with Crippen LogP contribution in [0.25, 0.3) is 6.08 Å². The van der Waals surface area contributed by atoms with Crippen molar-refractivity contribution in [2.24, 2.45) is 0 Å². The van der Waals surface area contributed by atoms with E-state index in [-0.39, 0.29) is 11.6 Å². The van der Waals surface area contributed by atoms with Gasteiger partial charge >= 0.3 is 0 Å². The summed E-state index contributed by atoms with van der Waals surface area (Å²) in [6.07, 6.45) is 1.59. The molecule has 0 aliphatic rings. The molecule has 10 heteroatoms. The smallest absolute Gasteiger partial charge is 0.272 e. The first-order valence-electron chi connectivity index (χ1n) is 14.2. The predicted octanol–water partition coefficient (Wildman–Crippen LogP) is 7.58. The number of anilines is 2. The monoisotopic (exact) mass is 643 g/mol. The molecule has 8 nitrogen and oxygen atoms in total. The van der Waals surface area contributed by atoms with Gasteiger partial charge < -0.3 is 25.4 Å². The van der Waals surface area contributed by atoms with Gasteiger partial charge in [0.25, 0.3) is 11.8 Å². The van der Waals surface area contributed by atoms with Gasteiger partial charge in [0.15, 0.2) is 0 Å². The highest BCUT2D eigenvalue weighted by Crippen LogP contribution is 2.32. The standard InChI is InChI=1S/C35H34ClN3O5S/c1-5-44-31-14-10-9-13-25(31)20-30(39-34(41)24-11-7-6-8-12-24)35(42)37-26-15-17-27(18-16-26)45-23(3)33(40)38-29-19-22(2)28(36)21-32(29)43-4/h6-21,23H,5H2,1-4H3,(H,37,42)(H,38,40)(H,39,41)/b30-20-. The number of hydrogen-bond donors (Lipinski definition) is 3. The normalized spacial score (nSPS) is 11.7. The molecule has 0 aromatic heterocycles. The minimum absolute atomic E-state index is 0.0487. The van der Waals surface area contributed by atoms with Gasteiger partial charge in [-0.1, -0.05) is 48.0 Å². The summed E-state index contributed by atoms with van der Waals surface area (Å²) in [4.78, 5) is 40.2. The maximum atomic E-state index is 13.5. The van der Waals surface area contributed by atoms with Crippen LogP contribution < -0.4 is 25.4 Å². The van der Waals surface area contributed by atoms with Crippen molar-refractivity contribution in [1.82, 2.24) is 5.32 Å². The molecule has 232 valence electrons. The average molecular weight is 644 g/mol. The van der Waals surface area contributed by atoms with E-state index in [1.807, 2.05) is 44.2 Å². The Morgan fingerprint density at radius 1 is 0.911 bits per heavy atom. The van der Waals surface area contributed by atoms with Gasteiger partial charge in [0.05, 0.1) is 24.7 Å². The van der Waals surface area contributed by atoms with E-state index >= 15 is 0 Å². The Kier molecular flexibility index (Phi) is 11.7. The lowest BCUT2D eigenvalue weighted by molar-refractivity contribution is -0.115. The second-order valence-corrected chi connectivity index (χ2v) is 11.7. The number of halogens is 1. The Morgan fingerprint density at radius 2 is 1.60 bits per heavy atom. The molecule has 0 fully saturated rings. The number of nitrogens with one attached hydrogen (secondary N) is 3. The molecular formula is C35H34ClN3O5S. The van der Waals surface area contributed by atoms with E-state index in [0.717, 1.165) is 10.5 Å². The molecule has 0 aliphatic carbocycles. The van der Waals surface area contributed by atoms with Crippen LogP contribution >= 0.6 is 23.4 Å². The van der Waals surface area contributed by atoms with Crippen LogP contribution in [-0.4, -0.2) is 36.7 Å². The number of benzene rings is 4. The fourth-order valence-corrected chi connectivity index (χ4v) is 5.24. The highest BCUT2D eigenvalue weighted by Gasteiger charge is 2.19. The third kappa shape index (κ3) is 9.14. The molecule has 0 saturated heterocycles. The fraction of sp³-hybridized carbons (Fsp3) is 0.171. The minimum atomic E-state index is -0.508. The molecule has 0 radical (unpaired) electrons. The number of para-hydroxylation sites is 1. The Labute approximate surface area is 272 Å². The Morgan fingerprint density at radius 3 is 2.29 bits per heavy atom. The number of rotatable bonds is 12. The SMILES string of the molecule is CCOc1ccccc1/C=C(\NC(=O)c1ccccc1)C(=O)Nc1ccc(SC(C)C(=O)Nc2cc(C)c(Cl)cc2OC)cc1. The molecule has 3 N–H and O–H groups in total. The summed E-state index contributed by atoms with van der Waals surface area (Å²) in [6, 6.07) is 26.5. The van der Waals surface area contributed by atoms with Crippen LogP contribution in [0.3, 0.4) is 0 Å². The largest absolute Gasteiger partial charge is 0.495 e. The third-order valence-electron chi connectivity index (χ3n) is 6.58. The highest BCUT2D eigenvalue weighted by molar-refractivity contribution is 8.00. The quantitative estimate of drug-likeness (QED) is 0.109. The number of carbonyl (C=O) groups excluding carboxylic acids is 3. The van der Waals surface area contributed by atoms with Crippen molar-refractivity contribution in [3.05, 3.63) is 118 Å². The van der Waals surface area contributed by atoms with Crippen molar-refractivity contribution < 1.29 is 23.9 Å². The molecule has 0 bridgehead atoms.